The highest BCUT2D eigenvalue weighted by atomic mass is 32.2. The summed E-state index contributed by atoms with van der Waals surface area (Å²) in [5.74, 6) is -0.493. The van der Waals surface area contributed by atoms with Crippen molar-refractivity contribution in [2.24, 2.45) is 0 Å². The van der Waals surface area contributed by atoms with Gasteiger partial charge in [-0.3, -0.25) is 0 Å². The van der Waals surface area contributed by atoms with Gasteiger partial charge in [-0.1, -0.05) is 6.08 Å². The van der Waals surface area contributed by atoms with Crippen molar-refractivity contribution in [3.63, 3.8) is 0 Å². The van der Waals surface area contributed by atoms with Crippen LogP contribution in [0.1, 0.15) is 6.92 Å². The number of carbonyl (C=O) groups is 1. The van der Waals surface area contributed by atoms with Crippen LogP contribution >= 0.6 is 11.8 Å². The lowest BCUT2D eigenvalue weighted by molar-refractivity contribution is -0.132. The van der Waals surface area contributed by atoms with E-state index < -0.39 is 5.97 Å². The van der Waals surface area contributed by atoms with Crippen molar-refractivity contribution < 1.29 is 9.90 Å². The van der Waals surface area contributed by atoms with E-state index in [9.17, 15) is 4.79 Å². The Morgan fingerprint density at radius 1 is 1.90 bits per heavy atom. The van der Waals surface area contributed by atoms with E-state index in [1.807, 2.05) is 5.40 Å². The van der Waals surface area contributed by atoms with Crippen LogP contribution in [0.2, 0.25) is 0 Å². The van der Waals surface area contributed by atoms with Gasteiger partial charge in [0.1, 0.15) is 5.40 Å². The van der Waals surface area contributed by atoms with Gasteiger partial charge in [0.2, 0.25) is 0 Å². The molecule has 0 fully saturated rings. The first-order valence-electron chi connectivity index (χ1n) is 2.59. The zero-order chi connectivity index (χ0) is 7.98. The zero-order valence-electron chi connectivity index (χ0n) is 5.50. The molecule has 0 spiro atoms. The van der Waals surface area contributed by atoms with Crippen LogP contribution in [0.3, 0.4) is 0 Å². The Balaban J connectivity index is 3.72. The number of carboxylic acids is 1. The topological polar surface area (TPSA) is 61.1 Å². The molecular formula is C6H7NO2S. The van der Waals surface area contributed by atoms with Crippen molar-refractivity contribution in [1.82, 2.24) is 0 Å². The summed E-state index contributed by atoms with van der Waals surface area (Å²) in [5.41, 5.74) is 0.280. The molecule has 0 aromatic heterocycles. The van der Waals surface area contributed by atoms with Gasteiger partial charge in [-0.2, -0.15) is 5.26 Å². The third kappa shape index (κ3) is 3.98. The van der Waals surface area contributed by atoms with Gasteiger partial charge < -0.3 is 5.11 Å². The second-order valence-corrected chi connectivity index (χ2v) is 2.40. The summed E-state index contributed by atoms with van der Waals surface area (Å²) in [6.07, 6.45) is 1.51. The van der Waals surface area contributed by atoms with Gasteiger partial charge in [-0.15, -0.1) is 0 Å². The van der Waals surface area contributed by atoms with E-state index in [2.05, 4.69) is 0 Å². The van der Waals surface area contributed by atoms with E-state index in [0.29, 0.717) is 5.75 Å². The van der Waals surface area contributed by atoms with Gasteiger partial charge in [-0.05, 0) is 18.7 Å². The molecule has 0 aliphatic carbocycles. The Morgan fingerprint density at radius 2 is 2.50 bits per heavy atom. The SMILES string of the molecule is CC(=CCSC#N)C(=O)O. The Bertz CT molecular complexity index is 192. The van der Waals surface area contributed by atoms with E-state index >= 15 is 0 Å². The minimum absolute atomic E-state index is 0.280. The summed E-state index contributed by atoms with van der Waals surface area (Å²) < 4.78 is 0. The first kappa shape index (κ1) is 9.05. The summed E-state index contributed by atoms with van der Waals surface area (Å²) in [4.78, 5) is 10.1. The summed E-state index contributed by atoms with van der Waals surface area (Å²) in [6.45, 7) is 1.50. The molecule has 0 aliphatic heterocycles. The molecule has 0 aromatic rings. The number of carboxylic acid groups (broad SMARTS) is 1. The number of rotatable bonds is 3. The fourth-order valence-electron chi connectivity index (χ4n) is 0.291. The summed E-state index contributed by atoms with van der Waals surface area (Å²) >= 11 is 1.02. The molecule has 0 unspecified atom stereocenters. The summed E-state index contributed by atoms with van der Waals surface area (Å²) in [6, 6.07) is 0. The lowest BCUT2D eigenvalue weighted by Crippen LogP contribution is -1.95. The molecule has 10 heavy (non-hydrogen) atoms. The van der Waals surface area contributed by atoms with Crippen LogP contribution in [-0.4, -0.2) is 16.8 Å². The van der Waals surface area contributed by atoms with Gasteiger partial charge in [0, 0.05) is 11.3 Å². The van der Waals surface area contributed by atoms with Crippen LogP contribution in [0.25, 0.3) is 0 Å². The van der Waals surface area contributed by atoms with E-state index in [0.717, 1.165) is 11.8 Å². The van der Waals surface area contributed by atoms with Crippen molar-refractivity contribution in [2.45, 2.75) is 6.92 Å². The lowest BCUT2D eigenvalue weighted by Gasteiger charge is -1.88. The van der Waals surface area contributed by atoms with E-state index in [-0.39, 0.29) is 5.57 Å². The van der Waals surface area contributed by atoms with Gasteiger partial charge in [0.25, 0.3) is 0 Å². The molecule has 0 aromatic carbocycles. The first-order chi connectivity index (χ1) is 4.68. The number of nitrogens with zero attached hydrogens (tertiary/aromatic N) is 1. The molecule has 54 valence electrons. The van der Waals surface area contributed by atoms with Crippen LogP contribution in [0, 0.1) is 10.7 Å². The molecular weight excluding hydrogens is 150 g/mol. The smallest absolute Gasteiger partial charge is 0.330 e. The number of nitriles is 1. The molecule has 3 nitrogen and oxygen atoms in total. The third-order valence-corrected chi connectivity index (χ3v) is 1.34. The van der Waals surface area contributed by atoms with Crippen molar-refractivity contribution in [1.29, 1.82) is 5.26 Å². The van der Waals surface area contributed by atoms with Crippen LogP contribution in [0.4, 0.5) is 0 Å². The molecule has 0 heterocycles. The molecule has 0 radical (unpaired) electrons. The Kier molecular flexibility index (Phi) is 4.42. The quantitative estimate of drug-likeness (QED) is 0.380. The Labute approximate surface area is 63.3 Å². The molecule has 0 aliphatic rings. The Morgan fingerprint density at radius 3 is 2.90 bits per heavy atom. The number of thiocyanates is 1. The summed E-state index contributed by atoms with van der Waals surface area (Å²) in [5, 5.41) is 18.2. The number of hydrogen-bond acceptors (Lipinski definition) is 3. The summed E-state index contributed by atoms with van der Waals surface area (Å²) in [7, 11) is 0. The highest BCUT2D eigenvalue weighted by Gasteiger charge is 1.96. The average Bonchev–Trinajstić information content (AvgIpc) is 1.88. The highest BCUT2D eigenvalue weighted by molar-refractivity contribution is 8.03. The maximum absolute atomic E-state index is 10.1. The Hall–Kier alpha value is -0.950. The van der Waals surface area contributed by atoms with E-state index in [1.54, 1.807) is 0 Å². The minimum Gasteiger partial charge on any atom is -0.478 e. The van der Waals surface area contributed by atoms with Crippen LogP contribution in [0.15, 0.2) is 11.6 Å². The molecule has 4 heteroatoms. The van der Waals surface area contributed by atoms with Gasteiger partial charge in [0.05, 0.1) is 0 Å². The van der Waals surface area contributed by atoms with Crippen molar-refractivity contribution >= 4 is 17.7 Å². The number of thioether (sulfide) groups is 1. The van der Waals surface area contributed by atoms with E-state index in [1.165, 1.54) is 13.0 Å². The minimum atomic E-state index is -0.932. The number of hydrogen-bond donors (Lipinski definition) is 1. The van der Waals surface area contributed by atoms with Gasteiger partial charge in [0.15, 0.2) is 0 Å². The predicted molar refractivity (Wildman–Crippen MR) is 39.5 cm³/mol. The van der Waals surface area contributed by atoms with Gasteiger partial charge in [-0.25, -0.2) is 4.79 Å². The predicted octanol–water partition coefficient (Wildman–Crippen LogP) is 1.23. The molecule has 0 bridgehead atoms. The fraction of sp³-hybridized carbons (Fsp3) is 0.333. The molecule has 0 atom stereocenters. The van der Waals surface area contributed by atoms with Crippen molar-refractivity contribution in [2.75, 3.05) is 5.75 Å². The van der Waals surface area contributed by atoms with E-state index in [4.69, 9.17) is 10.4 Å². The molecule has 0 rings (SSSR count). The second-order valence-electron chi connectivity index (χ2n) is 1.59. The standard InChI is InChI=1S/C6H7NO2S/c1-5(6(8)9)2-3-10-4-7/h2H,3H2,1H3,(H,8,9). The fourth-order valence-corrected chi connectivity index (χ4v) is 0.699. The monoisotopic (exact) mass is 157 g/mol. The molecule has 0 saturated carbocycles. The largest absolute Gasteiger partial charge is 0.478 e. The van der Waals surface area contributed by atoms with Crippen molar-refractivity contribution in [3.05, 3.63) is 11.6 Å². The lowest BCUT2D eigenvalue weighted by atomic mass is 10.3. The van der Waals surface area contributed by atoms with Crippen molar-refractivity contribution in [3.8, 4) is 5.40 Å². The molecule has 1 N–H and O–H groups in total. The van der Waals surface area contributed by atoms with Crippen LogP contribution < -0.4 is 0 Å². The zero-order valence-corrected chi connectivity index (χ0v) is 6.31. The highest BCUT2D eigenvalue weighted by Crippen LogP contribution is 1.99. The average molecular weight is 157 g/mol. The first-order valence-corrected chi connectivity index (χ1v) is 3.58. The number of aliphatic carboxylic acids is 1. The normalized spacial score (nSPS) is 10.6. The molecule has 0 amide bonds. The van der Waals surface area contributed by atoms with Crippen LogP contribution in [0.5, 0.6) is 0 Å². The maximum Gasteiger partial charge on any atom is 0.330 e. The van der Waals surface area contributed by atoms with Gasteiger partial charge >= 0.3 is 5.97 Å². The van der Waals surface area contributed by atoms with Crippen LogP contribution in [-0.2, 0) is 4.79 Å². The molecule has 0 saturated heterocycles. The third-order valence-electron chi connectivity index (χ3n) is 0.875. The second kappa shape index (κ2) is 4.89. The maximum atomic E-state index is 10.1.